The fourth-order valence-electron chi connectivity index (χ4n) is 0.973. The van der Waals surface area contributed by atoms with E-state index in [1.54, 1.807) is 0 Å². The Morgan fingerprint density at radius 2 is 2.14 bits per heavy atom. The molecule has 0 rings (SSSR count). The van der Waals surface area contributed by atoms with Gasteiger partial charge in [-0.05, 0) is 38.8 Å². The summed E-state index contributed by atoms with van der Waals surface area (Å²) in [4.78, 5) is 0. The van der Waals surface area contributed by atoms with Crippen molar-refractivity contribution in [3.05, 3.63) is 0 Å². The Labute approximate surface area is 91.6 Å². The number of hydrogen-bond acceptors (Lipinski definition) is 4. The molecule has 0 aliphatic carbocycles. The highest BCUT2D eigenvalue weighted by molar-refractivity contribution is 7.98. The lowest BCUT2D eigenvalue weighted by Gasteiger charge is -2.13. The summed E-state index contributed by atoms with van der Waals surface area (Å²) in [5.41, 5.74) is 0. The Morgan fingerprint density at radius 3 is 2.71 bits per heavy atom. The van der Waals surface area contributed by atoms with Crippen LogP contribution in [0.25, 0.3) is 0 Å². The topological polar surface area (TPSA) is 41.5 Å². The van der Waals surface area contributed by atoms with E-state index >= 15 is 0 Å². The van der Waals surface area contributed by atoms with Crippen LogP contribution in [0.1, 0.15) is 20.3 Å². The molecular formula is C10H23NO2S. The highest BCUT2D eigenvalue weighted by atomic mass is 32.2. The summed E-state index contributed by atoms with van der Waals surface area (Å²) < 4.78 is 5.29. The molecule has 0 aromatic carbocycles. The lowest BCUT2D eigenvalue weighted by Crippen LogP contribution is -2.32. The third-order valence-electron chi connectivity index (χ3n) is 1.70. The van der Waals surface area contributed by atoms with Gasteiger partial charge in [0.1, 0.15) is 0 Å². The number of thioether (sulfide) groups is 1. The molecule has 0 radical (unpaired) electrons. The largest absolute Gasteiger partial charge is 0.389 e. The number of aliphatic hydroxyl groups excluding tert-OH is 1. The number of nitrogens with one attached hydrogen (secondary N) is 1. The Balaban J connectivity index is 3.14. The zero-order chi connectivity index (χ0) is 10.8. The van der Waals surface area contributed by atoms with Crippen LogP contribution in [0.15, 0.2) is 0 Å². The van der Waals surface area contributed by atoms with Crippen LogP contribution in [0, 0.1) is 0 Å². The Bertz CT molecular complexity index is 123. The van der Waals surface area contributed by atoms with Crippen LogP contribution in [0.2, 0.25) is 0 Å². The van der Waals surface area contributed by atoms with Gasteiger partial charge in [0.2, 0.25) is 0 Å². The smallest absolute Gasteiger partial charge is 0.0897 e. The predicted molar refractivity (Wildman–Crippen MR) is 63.0 cm³/mol. The van der Waals surface area contributed by atoms with Crippen molar-refractivity contribution < 1.29 is 9.84 Å². The average molecular weight is 221 g/mol. The molecule has 0 saturated carbocycles. The first-order chi connectivity index (χ1) is 6.66. The maximum atomic E-state index is 9.46. The van der Waals surface area contributed by atoms with Gasteiger partial charge in [0, 0.05) is 6.54 Å². The summed E-state index contributed by atoms with van der Waals surface area (Å²) in [6.07, 6.45) is 3.07. The maximum Gasteiger partial charge on any atom is 0.0897 e. The standard InChI is InChI=1S/C10H23NO2S/c1-9(2)13-8-10(12)7-11-5-4-6-14-3/h9-12H,4-8H2,1-3H3. The molecule has 1 unspecified atom stereocenters. The highest BCUT2D eigenvalue weighted by Crippen LogP contribution is 1.94. The number of hydrogen-bond donors (Lipinski definition) is 2. The third kappa shape index (κ3) is 10.3. The van der Waals surface area contributed by atoms with Crippen LogP contribution >= 0.6 is 11.8 Å². The number of aliphatic hydroxyl groups is 1. The van der Waals surface area contributed by atoms with Crippen LogP contribution in [-0.4, -0.2) is 49.0 Å². The van der Waals surface area contributed by atoms with E-state index in [4.69, 9.17) is 4.74 Å². The van der Waals surface area contributed by atoms with E-state index < -0.39 is 0 Å². The van der Waals surface area contributed by atoms with Gasteiger partial charge < -0.3 is 15.2 Å². The predicted octanol–water partition coefficient (Wildman–Crippen LogP) is 1.11. The molecule has 0 saturated heterocycles. The van der Waals surface area contributed by atoms with Crippen molar-refractivity contribution in [2.45, 2.75) is 32.5 Å². The highest BCUT2D eigenvalue weighted by Gasteiger charge is 2.04. The van der Waals surface area contributed by atoms with Gasteiger partial charge in [-0.2, -0.15) is 11.8 Å². The minimum atomic E-state index is -0.383. The summed E-state index contributed by atoms with van der Waals surface area (Å²) in [5.74, 6) is 1.17. The van der Waals surface area contributed by atoms with Crippen LogP contribution in [0.5, 0.6) is 0 Å². The van der Waals surface area contributed by atoms with Crippen molar-refractivity contribution >= 4 is 11.8 Å². The van der Waals surface area contributed by atoms with Crippen molar-refractivity contribution in [1.82, 2.24) is 5.32 Å². The zero-order valence-corrected chi connectivity index (χ0v) is 10.3. The molecule has 2 N–H and O–H groups in total. The lowest BCUT2D eigenvalue weighted by atomic mass is 10.3. The minimum Gasteiger partial charge on any atom is -0.389 e. The average Bonchev–Trinajstić information content (AvgIpc) is 2.14. The Kier molecular flexibility index (Phi) is 9.93. The monoisotopic (exact) mass is 221 g/mol. The molecule has 1 atom stereocenters. The second-order valence-electron chi connectivity index (χ2n) is 3.59. The Hall–Kier alpha value is 0.230. The SMILES string of the molecule is CSCCCNCC(O)COC(C)C. The first-order valence-corrected chi connectivity index (χ1v) is 6.55. The van der Waals surface area contributed by atoms with E-state index in [0.717, 1.165) is 13.0 Å². The van der Waals surface area contributed by atoms with Crippen molar-refractivity contribution in [2.75, 3.05) is 31.7 Å². The maximum absolute atomic E-state index is 9.46. The first kappa shape index (κ1) is 14.2. The fourth-order valence-corrected chi connectivity index (χ4v) is 1.41. The van der Waals surface area contributed by atoms with Crippen molar-refractivity contribution in [3.63, 3.8) is 0 Å². The summed E-state index contributed by atoms with van der Waals surface area (Å²) in [5, 5.41) is 12.7. The molecule has 0 aliphatic rings. The molecule has 14 heavy (non-hydrogen) atoms. The van der Waals surface area contributed by atoms with Crippen molar-refractivity contribution in [2.24, 2.45) is 0 Å². The molecule has 3 nitrogen and oxygen atoms in total. The molecule has 0 aliphatic heterocycles. The van der Waals surface area contributed by atoms with Gasteiger partial charge >= 0.3 is 0 Å². The molecule has 4 heteroatoms. The molecule has 0 heterocycles. The minimum absolute atomic E-state index is 0.196. The van der Waals surface area contributed by atoms with Gasteiger partial charge in [-0.15, -0.1) is 0 Å². The number of rotatable bonds is 9. The van der Waals surface area contributed by atoms with Crippen LogP contribution < -0.4 is 5.32 Å². The molecule has 0 bridgehead atoms. The first-order valence-electron chi connectivity index (χ1n) is 5.16. The molecule has 0 aromatic heterocycles. The van der Waals surface area contributed by atoms with Gasteiger partial charge in [-0.3, -0.25) is 0 Å². The van der Waals surface area contributed by atoms with Gasteiger partial charge in [-0.25, -0.2) is 0 Å². The van der Waals surface area contributed by atoms with Crippen LogP contribution in [0.3, 0.4) is 0 Å². The summed E-state index contributed by atoms with van der Waals surface area (Å²) in [6, 6.07) is 0. The molecule has 86 valence electrons. The van der Waals surface area contributed by atoms with Gasteiger partial charge in [0.25, 0.3) is 0 Å². The second kappa shape index (κ2) is 9.77. The van der Waals surface area contributed by atoms with Gasteiger partial charge in [0.05, 0.1) is 18.8 Å². The van der Waals surface area contributed by atoms with Crippen molar-refractivity contribution in [1.29, 1.82) is 0 Å². The van der Waals surface area contributed by atoms with E-state index in [1.165, 1.54) is 5.75 Å². The molecule has 0 amide bonds. The van der Waals surface area contributed by atoms with E-state index in [2.05, 4.69) is 11.6 Å². The van der Waals surface area contributed by atoms with Crippen LogP contribution in [0.4, 0.5) is 0 Å². The Morgan fingerprint density at radius 1 is 1.43 bits per heavy atom. The third-order valence-corrected chi connectivity index (χ3v) is 2.40. The van der Waals surface area contributed by atoms with Crippen molar-refractivity contribution in [3.8, 4) is 0 Å². The second-order valence-corrected chi connectivity index (χ2v) is 4.57. The molecule has 0 spiro atoms. The summed E-state index contributed by atoms with van der Waals surface area (Å²) >= 11 is 1.85. The van der Waals surface area contributed by atoms with E-state index in [-0.39, 0.29) is 12.2 Å². The van der Waals surface area contributed by atoms with Gasteiger partial charge in [-0.1, -0.05) is 0 Å². The van der Waals surface area contributed by atoms with Gasteiger partial charge in [0.15, 0.2) is 0 Å². The quantitative estimate of drug-likeness (QED) is 0.572. The normalized spacial score (nSPS) is 13.5. The molecular weight excluding hydrogens is 198 g/mol. The fraction of sp³-hybridized carbons (Fsp3) is 1.00. The van der Waals surface area contributed by atoms with Crippen LogP contribution in [-0.2, 0) is 4.74 Å². The van der Waals surface area contributed by atoms with E-state index in [9.17, 15) is 5.11 Å². The van der Waals surface area contributed by atoms with E-state index in [1.807, 2.05) is 25.6 Å². The van der Waals surface area contributed by atoms with E-state index in [0.29, 0.717) is 13.2 Å². The number of ether oxygens (including phenoxy) is 1. The lowest BCUT2D eigenvalue weighted by molar-refractivity contribution is 0.00650. The molecule has 0 aromatic rings. The zero-order valence-electron chi connectivity index (χ0n) is 9.45. The molecule has 0 fully saturated rings. The summed E-state index contributed by atoms with van der Waals surface area (Å²) in [7, 11) is 0. The summed E-state index contributed by atoms with van der Waals surface area (Å²) in [6.45, 7) is 5.96.